The van der Waals surface area contributed by atoms with Gasteiger partial charge in [-0.15, -0.1) is 0 Å². The lowest BCUT2D eigenvalue weighted by molar-refractivity contribution is -0.143. The molecule has 2 fully saturated rings. The second-order valence-electron chi connectivity index (χ2n) is 20.2. The third-order valence-electron chi connectivity index (χ3n) is 8.92. The number of likely N-dealkylation sites (N-methyl/N-ethyl adjacent to an activating group) is 2. The van der Waals surface area contributed by atoms with Crippen LogP contribution in [0.15, 0.2) is 12.3 Å². The second-order valence-corrected chi connectivity index (χ2v) is 20.2. The Labute approximate surface area is 375 Å². The van der Waals surface area contributed by atoms with Gasteiger partial charge < -0.3 is 34.2 Å². The van der Waals surface area contributed by atoms with Crippen LogP contribution in [0.1, 0.15) is 150 Å². The quantitative estimate of drug-likeness (QED) is 0.171. The molecule has 60 heavy (non-hydrogen) atoms. The molecule has 1 saturated heterocycles. The fourth-order valence-electron chi connectivity index (χ4n) is 5.84. The summed E-state index contributed by atoms with van der Waals surface area (Å²) in [7, 11) is 11.2. The molecule has 1 aliphatic heterocycles. The molecule has 0 aromatic rings. The van der Waals surface area contributed by atoms with E-state index in [0.717, 1.165) is 73.4 Å². The molecule has 1 N–H and O–H groups in total. The van der Waals surface area contributed by atoms with Crippen molar-refractivity contribution in [3.8, 4) is 0 Å². The van der Waals surface area contributed by atoms with Gasteiger partial charge in [0.1, 0.15) is 0 Å². The Balaban J connectivity index is -0.000000213. The van der Waals surface area contributed by atoms with E-state index in [1.165, 1.54) is 53.2 Å². The molecule has 1 aliphatic carbocycles. The van der Waals surface area contributed by atoms with E-state index in [2.05, 4.69) is 137 Å². The van der Waals surface area contributed by atoms with Gasteiger partial charge in [-0.3, -0.25) is 14.4 Å². The zero-order valence-corrected chi connectivity index (χ0v) is 44.3. The maximum atomic E-state index is 12.1. The van der Waals surface area contributed by atoms with Crippen LogP contribution in [0.2, 0.25) is 0 Å². The van der Waals surface area contributed by atoms with Gasteiger partial charge in [-0.25, -0.2) is 0 Å². The summed E-state index contributed by atoms with van der Waals surface area (Å²) >= 11 is 0. The number of likely N-dealkylation sites (tertiary alicyclic amines) is 1. The van der Waals surface area contributed by atoms with Gasteiger partial charge in [0.25, 0.3) is 0 Å². The molecule has 2 aliphatic rings. The molecular weight excluding hydrogens is 753 g/mol. The van der Waals surface area contributed by atoms with Gasteiger partial charge in [0, 0.05) is 78.8 Å². The van der Waals surface area contributed by atoms with E-state index < -0.39 is 0 Å². The normalized spacial score (nSPS) is 18.2. The zero-order valence-electron chi connectivity index (χ0n) is 44.3. The number of ether oxygens (including phenoxy) is 3. The molecule has 362 valence electrons. The first kappa shape index (κ1) is 66.9. The fraction of sp³-hybridized carbons (Fsp3) is 0.900. The molecular formula is C50H106N4O6. The number of rotatable bonds is 14. The van der Waals surface area contributed by atoms with Crippen molar-refractivity contribution in [2.24, 2.45) is 59.2 Å². The molecule has 1 saturated carbocycles. The molecule has 0 radical (unpaired) electrons. The maximum absolute atomic E-state index is 12.1. The van der Waals surface area contributed by atoms with Gasteiger partial charge in [0.05, 0.1) is 20.3 Å². The number of carbonyl (C=O) groups is 3. The molecule has 2 rings (SSSR count). The molecule has 1 heterocycles. The van der Waals surface area contributed by atoms with E-state index in [0.29, 0.717) is 37.3 Å². The first-order chi connectivity index (χ1) is 27.6. The molecule has 0 aromatic heterocycles. The summed E-state index contributed by atoms with van der Waals surface area (Å²) in [4.78, 5) is 38.7. The summed E-state index contributed by atoms with van der Waals surface area (Å²) in [6.45, 7) is 45.6. The average Bonchev–Trinajstić information content (AvgIpc) is 3.58. The van der Waals surface area contributed by atoms with Crippen molar-refractivity contribution in [2.75, 3.05) is 88.3 Å². The van der Waals surface area contributed by atoms with Crippen molar-refractivity contribution in [3.63, 3.8) is 0 Å². The fourth-order valence-corrected chi connectivity index (χ4v) is 5.84. The minimum absolute atomic E-state index is 0.163. The lowest BCUT2D eigenvalue weighted by Gasteiger charge is -2.37. The van der Waals surface area contributed by atoms with Crippen LogP contribution < -0.4 is 5.32 Å². The number of nitrogens with zero attached hydrogens (tertiary/aromatic N) is 3. The first-order valence-corrected chi connectivity index (χ1v) is 23.2. The standard InChI is InChI=1S/C13H27N3O.C12H23NO2.C10H20O.3C4H10.C3H6O2/c1-11(2)9-13(17)16(8-7-15(5)6)10-12(3)14-4;1-9(2)12-5-11(6-13(4)7-12)8-15-10(3)14;1-8(2)10-5-4-9(6-10)7-11-3;3*1-4(2)3;1-3(4)5-2/h11,14H,3,7-10H2,1-2,4-6H3;9,11-12H,5-8H2,1-4H3;8-10H,4-7H2,1-3H3;3*4H,1-3H3;1-2H3. The van der Waals surface area contributed by atoms with E-state index in [1.54, 1.807) is 0 Å². The van der Waals surface area contributed by atoms with Gasteiger partial charge in [0.2, 0.25) is 5.91 Å². The predicted molar refractivity (Wildman–Crippen MR) is 260 cm³/mol. The number of piperidine rings is 1. The third-order valence-corrected chi connectivity index (χ3v) is 8.92. The lowest BCUT2D eigenvalue weighted by Crippen LogP contribution is -2.41. The predicted octanol–water partition coefficient (Wildman–Crippen LogP) is 10.8. The molecule has 10 heteroatoms. The van der Waals surface area contributed by atoms with Crippen LogP contribution in [-0.2, 0) is 28.6 Å². The van der Waals surface area contributed by atoms with Crippen molar-refractivity contribution in [1.82, 2.24) is 20.0 Å². The molecule has 0 bridgehead atoms. The third kappa shape index (κ3) is 53.8. The van der Waals surface area contributed by atoms with Crippen LogP contribution >= 0.6 is 0 Å². The van der Waals surface area contributed by atoms with Crippen LogP contribution in [0.4, 0.5) is 0 Å². The summed E-state index contributed by atoms with van der Waals surface area (Å²) < 4.78 is 14.4. The molecule has 1 amide bonds. The van der Waals surface area contributed by atoms with Gasteiger partial charge >= 0.3 is 11.9 Å². The highest BCUT2D eigenvalue weighted by Crippen LogP contribution is 2.35. The number of hydrogen-bond acceptors (Lipinski definition) is 9. The molecule has 10 nitrogen and oxygen atoms in total. The Kier molecular flexibility index (Phi) is 47.0. The lowest BCUT2D eigenvalue weighted by atomic mass is 9.83. The topological polar surface area (TPSA) is 101 Å². The Hall–Kier alpha value is -2.17. The van der Waals surface area contributed by atoms with E-state index in [9.17, 15) is 14.4 Å². The Bertz CT molecular complexity index is 992. The SMILES string of the molecule is C=C(CN(CCN(C)C)C(=O)CC(C)C)NC.CC(=O)OCC1CC(C(C)C)CN(C)C1.CC(C)C.CC(C)C.CC(C)C.COC(C)=O.COCC1CCC(C(C)C)C1. The minimum Gasteiger partial charge on any atom is -0.469 e. The van der Waals surface area contributed by atoms with Crippen LogP contribution in [0.5, 0.6) is 0 Å². The van der Waals surface area contributed by atoms with Crippen LogP contribution in [0, 0.1) is 59.2 Å². The number of methoxy groups -OCH3 is 2. The molecule has 4 atom stereocenters. The summed E-state index contributed by atoms with van der Waals surface area (Å²) in [5.74, 6) is 7.36. The first-order valence-electron chi connectivity index (χ1n) is 23.2. The largest absolute Gasteiger partial charge is 0.469 e. The Morgan fingerprint density at radius 3 is 1.48 bits per heavy atom. The number of carbonyl (C=O) groups excluding carboxylic acids is 3. The van der Waals surface area contributed by atoms with Crippen molar-refractivity contribution < 1.29 is 28.6 Å². The van der Waals surface area contributed by atoms with Gasteiger partial charge in [0.15, 0.2) is 0 Å². The summed E-state index contributed by atoms with van der Waals surface area (Å²) in [6, 6.07) is 0. The highest BCUT2D eigenvalue weighted by Gasteiger charge is 2.28. The van der Waals surface area contributed by atoms with Crippen molar-refractivity contribution in [2.45, 2.75) is 150 Å². The van der Waals surface area contributed by atoms with Gasteiger partial charge in [-0.05, 0) is 100 Å². The number of amides is 1. The molecule has 0 spiro atoms. The van der Waals surface area contributed by atoms with Crippen molar-refractivity contribution in [3.05, 3.63) is 12.3 Å². The highest BCUT2D eigenvalue weighted by atomic mass is 16.5. The number of nitrogens with one attached hydrogen (secondary N) is 1. The number of hydrogen-bond donors (Lipinski definition) is 1. The summed E-state index contributed by atoms with van der Waals surface area (Å²) in [6.07, 6.45) is 5.99. The van der Waals surface area contributed by atoms with E-state index in [1.807, 2.05) is 33.2 Å². The average molecular weight is 859 g/mol. The summed E-state index contributed by atoms with van der Waals surface area (Å²) in [5, 5.41) is 2.99. The highest BCUT2D eigenvalue weighted by molar-refractivity contribution is 5.76. The molecule has 0 aromatic carbocycles. The Morgan fingerprint density at radius 1 is 0.700 bits per heavy atom. The van der Waals surface area contributed by atoms with Gasteiger partial charge in [-0.2, -0.15) is 0 Å². The zero-order chi connectivity index (χ0) is 48.1. The monoisotopic (exact) mass is 859 g/mol. The second kappa shape index (κ2) is 42.1. The Morgan fingerprint density at radius 2 is 1.15 bits per heavy atom. The van der Waals surface area contributed by atoms with Crippen molar-refractivity contribution in [1.29, 1.82) is 0 Å². The molecule has 4 unspecified atom stereocenters. The van der Waals surface area contributed by atoms with E-state index in [4.69, 9.17) is 9.47 Å². The van der Waals surface area contributed by atoms with E-state index >= 15 is 0 Å². The van der Waals surface area contributed by atoms with Crippen LogP contribution in [-0.4, -0.2) is 121 Å². The summed E-state index contributed by atoms with van der Waals surface area (Å²) in [5.41, 5.74) is 0.876. The van der Waals surface area contributed by atoms with Crippen molar-refractivity contribution >= 4 is 17.8 Å². The smallest absolute Gasteiger partial charge is 0.302 e. The van der Waals surface area contributed by atoms with E-state index in [-0.39, 0.29) is 17.8 Å². The maximum Gasteiger partial charge on any atom is 0.302 e. The van der Waals surface area contributed by atoms with Crippen LogP contribution in [0.3, 0.4) is 0 Å². The van der Waals surface area contributed by atoms with Gasteiger partial charge in [-0.1, -0.05) is 110 Å². The minimum atomic E-state index is -0.245. The van der Waals surface area contributed by atoms with Crippen LogP contribution in [0.25, 0.3) is 0 Å². The number of esters is 2.